The van der Waals surface area contributed by atoms with Crippen LogP contribution >= 0.6 is 0 Å². The van der Waals surface area contributed by atoms with Crippen LogP contribution < -0.4 is 11.1 Å². The van der Waals surface area contributed by atoms with Gasteiger partial charge in [-0.25, -0.2) is 22.7 Å². The average molecular weight is 541 g/mol. The maximum absolute atomic E-state index is 14.7. The highest BCUT2D eigenvalue weighted by Gasteiger charge is 2.46. The third-order valence-electron chi connectivity index (χ3n) is 6.81. The van der Waals surface area contributed by atoms with E-state index >= 15 is 0 Å². The number of hydrogen-bond donors (Lipinski definition) is 2. The van der Waals surface area contributed by atoms with Gasteiger partial charge in [0.1, 0.15) is 18.0 Å². The molecule has 3 atom stereocenters. The van der Waals surface area contributed by atoms with Crippen LogP contribution in [0.15, 0.2) is 30.9 Å². The minimum absolute atomic E-state index is 0.00974. The number of carbonyl (C=O) groups is 2. The van der Waals surface area contributed by atoms with E-state index in [4.69, 9.17) is 5.73 Å². The maximum Gasteiger partial charge on any atom is 0.418 e. The highest BCUT2D eigenvalue weighted by molar-refractivity contribution is 5.95. The Bertz CT molecular complexity index is 1410. The number of nitrogens with two attached hydrogens (primary N) is 1. The smallest absolute Gasteiger partial charge is 0.382 e. The lowest BCUT2D eigenvalue weighted by atomic mass is 10.1. The van der Waals surface area contributed by atoms with Crippen LogP contribution in [-0.2, 0) is 11.0 Å². The first-order valence-corrected chi connectivity index (χ1v) is 11.6. The number of rotatable bonds is 4. The Kier molecular flexibility index (Phi) is 6.18. The van der Waals surface area contributed by atoms with Crippen LogP contribution in [0.4, 0.5) is 32.2 Å². The highest BCUT2D eigenvalue weighted by atomic mass is 19.4. The lowest BCUT2D eigenvalue weighted by molar-refractivity contribution is -0.136. The second-order valence-corrected chi connectivity index (χ2v) is 9.44. The van der Waals surface area contributed by atoms with Crippen LogP contribution in [0.25, 0.3) is 16.8 Å². The van der Waals surface area contributed by atoms with Crippen molar-refractivity contribution in [1.82, 2.24) is 29.8 Å². The van der Waals surface area contributed by atoms with E-state index in [2.05, 4.69) is 20.4 Å². The Morgan fingerprint density at radius 3 is 2.61 bits per heavy atom. The van der Waals surface area contributed by atoms with Crippen molar-refractivity contribution in [1.29, 1.82) is 0 Å². The number of alkyl halides is 6. The molecule has 0 aromatic carbocycles. The minimum atomic E-state index is -4.76. The summed E-state index contributed by atoms with van der Waals surface area (Å²) in [7, 11) is 0. The number of fused-ring (bicyclic) bond motifs is 1. The molecule has 5 rings (SSSR count). The van der Waals surface area contributed by atoms with Gasteiger partial charge in [0.15, 0.2) is 5.82 Å². The molecule has 3 aromatic rings. The fourth-order valence-corrected chi connectivity index (χ4v) is 4.94. The molecule has 2 amide bonds. The van der Waals surface area contributed by atoms with Crippen molar-refractivity contribution >= 4 is 23.1 Å². The van der Waals surface area contributed by atoms with Gasteiger partial charge in [0.25, 0.3) is 5.91 Å². The molecular formula is C23H21F6N7O2. The van der Waals surface area contributed by atoms with E-state index in [-0.39, 0.29) is 36.3 Å². The van der Waals surface area contributed by atoms with E-state index < -0.39 is 71.8 Å². The van der Waals surface area contributed by atoms with E-state index in [1.165, 1.54) is 12.3 Å². The summed E-state index contributed by atoms with van der Waals surface area (Å²) in [5, 5.41) is 6.31. The summed E-state index contributed by atoms with van der Waals surface area (Å²) in [5.74, 6) is -5.57. The molecule has 15 heteroatoms. The van der Waals surface area contributed by atoms with Crippen LogP contribution in [0.5, 0.6) is 0 Å². The lowest BCUT2D eigenvalue weighted by Gasteiger charge is -2.20. The summed E-state index contributed by atoms with van der Waals surface area (Å²) in [6, 6.07) is 0.966. The number of anilines is 1. The summed E-state index contributed by atoms with van der Waals surface area (Å²) >= 11 is 0. The zero-order chi connectivity index (χ0) is 27.4. The summed E-state index contributed by atoms with van der Waals surface area (Å²) in [6.07, 6.45) is -4.02. The van der Waals surface area contributed by atoms with Crippen LogP contribution in [0.2, 0.25) is 0 Å². The molecule has 2 fully saturated rings. The molecule has 9 nitrogen and oxygen atoms in total. The first-order valence-electron chi connectivity index (χ1n) is 11.6. The van der Waals surface area contributed by atoms with E-state index in [1.807, 2.05) is 0 Å². The van der Waals surface area contributed by atoms with Gasteiger partial charge in [-0.2, -0.15) is 18.3 Å². The van der Waals surface area contributed by atoms with Crippen LogP contribution in [0.3, 0.4) is 0 Å². The number of likely N-dealkylation sites (tertiary alicyclic amines) is 1. The van der Waals surface area contributed by atoms with Crippen molar-refractivity contribution in [2.45, 2.75) is 43.6 Å². The first-order chi connectivity index (χ1) is 17.8. The topological polar surface area (TPSA) is 119 Å². The predicted molar refractivity (Wildman–Crippen MR) is 121 cm³/mol. The number of halogens is 6. The molecule has 0 radical (unpaired) electrons. The molecule has 3 N–H and O–H groups in total. The average Bonchev–Trinajstić information content (AvgIpc) is 3.54. The minimum Gasteiger partial charge on any atom is -0.382 e. The Balaban J connectivity index is 1.35. The quantitative estimate of drug-likeness (QED) is 0.490. The van der Waals surface area contributed by atoms with Crippen molar-refractivity contribution in [3.8, 4) is 11.3 Å². The molecule has 0 spiro atoms. The largest absolute Gasteiger partial charge is 0.418 e. The third-order valence-corrected chi connectivity index (χ3v) is 6.81. The second-order valence-electron chi connectivity index (χ2n) is 9.44. The Morgan fingerprint density at radius 2 is 1.92 bits per heavy atom. The summed E-state index contributed by atoms with van der Waals surface area (Å²) in [5.41, 5.74) is 4.09. The Hall–Kier alpha value is -3.91. The van der Waals surface area contributed by atoms with Crippen molar-refractivity contribution < 1.29 is 35.9 Å². The molecule has 3 aromatic heterocycles. The molecule has 1 aliphatic carbocycles. The number of nitrogens with one attached hydrogen (secondary N) is 1. The molecular weight excluding hydrogens is 520 g/mol. The van der Waals surface area contributed by atoms with Gasteiger partial charge in [0.2, 0.25) is 11.8 Å². The van der Waals surface area contributed by atoms with Crippen LogP contribution in [0, 0.1) is 5.92 Å². The van der Waals surface area contributed by atoms with E-state index in [0.717, 1.165) is 28.0 Å². The molecule has 1 saturated heterocycles. The van der Waals surface area contributed by atoms with Crippen LogP contribution in [-0.4, -0.2) is 67.5 Å². The van der Waals surface area contributed by atoms with Crippen molar-refractivity contribution in [2.24, 2.45) is 5.92 Å². The molecule has 1 aliphatic heterocycles. The predicted octanol–water partition coefficient (Wildman–Crippen LogP) is 3.11. The lowest BCUT2D eigenvalue weighted by Crippen LogP contribution is -2.42. The zero-order valence-corrected chi connectivity index (χ0v) is 19.6. The van der Waals surface area contributed by atoms with E-state index in [9.17, 15) is 35.9 Å². The number of hydrogen-bond acceptors (Lipinski definition) is 6. The standard InChI is InChI=1S/C23H21F6N7O2/c24-15-8-35(21(38)11-1-2-22(25,26)5-11)9-16(15)34-20(37)13-3-12(6-31-7-13)17-4-14(23(27,28)29)18-19(30)32-10-33-36(17)18/h3-4,6-7,10-11,15-16H,1-2,5,8-9H2,(H,34,37)(H2,30,32,33)/t11?,15-,16+/m0/s1. The molecule has 1 saturated carbocycles. The van der Waals surface area contributed by atoms with Gasteiger partial charge in [-0.15, -0.1) is 0 Å². The fourth-order valence-electron chi connectivity index (χ4n) is 4.94. The molecule has 4 heterocycles. The number of nitrogen functional groups attached to an aromatic ring is 1. The summed E-state index contributed by atoms with van der Waals surface area (Å²) in [4.78, 5) is 34.1. The zero-order valence-electron chi connectivity index (χ0n) is 19.6. The van der Waals surface area contributed by atoms with Crippen molar-refractivity contribution in [2.75, 3.05) is 18.8 Å². The number of carbonyl (C=O) groups excluding carboxylic acids is 2. The number of aromatic nitrogens is 4. The van der Waals surface area contributed by atoms with Crippen molar-refractivity contribution in [3.05, 3.63) is 42.0 Å². The SMILES string of the molecule is Nc1ncnn2c(-c3cncc(C(=O)N[C@@H]4CN(C(=O)C5CCC(F)(F)C5)C[C@@H]4F)c3)cc(C(F)(F)F)c12. The normalized spacial score (nSPS) is 23.2. The van der Waals surface area contributed by atoms with Gasteiger partial charge >= 0.3 is 6.18 Å². The summed E-state index contributed by atoms with van der Waals surface area (Å²) < 4.78 is 83.5. The number of amides is 2. The first kappa shape index (κ1) is 25.7. The van der Waals surface area contributed by atoms with Gasteiger partial charge in [0, 0.05) is 43.3 Å². The van der Waals surface area contributed by atoms with Gasteiger partial charge in [0.05, 0.1) is 29.4 Å². The third kappa shape index (κ3) is 4.72. The highest BCUT2D eigenvalue weighted by Crippen LogP contribution is 2.40. The molecule has 0 bridgehead atoms. The van der Waals surface area contributed by atoms with E-state index in [0.29, 0.717) is 0 Å². The molecule has 2 aliphatic rings. The van der Waals surface area contributed by atoms with Gasteiger partial charge in [-0.1, -0.05) is 0 Å². The molecule has 38 heavy (non-hydrogen) atoms. The summed E-state index contributed by atoms with van der Waals surface area (Å²) in [6.45, 7) is -0.545. The molecule has 1 unspecified atom stereocenters. The molecule has 202 valence electrons. The second kappa shape index (κ2) is 9.13. The van der Waals surface area contributed by atoms with Crippen molar-refractivity contribution in [3.63, 3.8) is 0 Å². The van der Waals surface area contributed by atoms with Gasteiger partial charge in [-0.05, 0) is 18.6 Å². The van der Waals surface area contributed by atoms with E-state index in [1.54, 1.807) is 0 Å². The number of nitrogens with zero attached hydrogens (tertiary/aromatic N) is 5. The number of pyridine rings is 1. The van der Waals surface area contributed by atoms with Gasteiger partial charge in [-0.3, -0.25) is 14.6 Å². The fraction of sp³-hybridized carbons (Fsp3) is 0.435. The maximum atomic E-state index is 14.7. The monoisotopic (exact) mass is 541 g/mol. The van der Waals surface area contributed by atoms with Crippen LogP contribution in [0.1, 0.15) is 35.2 Å². The Morgan fingerprint density at radius 1 is 1.16 bits per heavy atom. The Labute approximate surface area is 211 Å². The van der Waals surface area contributed by atoms with Gasteiger partial charge < -0.3 is 16.0 Å².